The zero-order chi connectivity index (χ0) is 15.6. The minimum absolute atomic E-state index is 0.0503. The maximum atomic E-state index is 11.8. The Bertz CT molecular complexity index is 573. The Morgan fingerprint density at radius 1 is 1.43 bits per heavy atom. The van der Waals surface area contributed by atoms with Gasteiger partial charge < -0.3 is 10.2 Å². The first-order chi connectivity index (χ1) is 9.90. The van der Waals surface area contributed by atoms with Gasteiger partial charge in [0.05, 0.1) is 24.2 Å². The van der Waals surface area contributed by atoms with Gasteiger partial charge in [-0.3, -0.25) is 19.2 Å². The van der Waals surface area contributed by atoms with E-state index in [2.05, 4.69) is 10.4 Å². The Kier molecular flexibility index (Phi) is 4.46. The Labute approximate surface area is 126 Å². The van der Waals surface area contributed by atoms with Crippen LogP contribution in [0, 0.1) is 0 Å². The van der Waals surface area contributed by atoms with Crippen LogP contribution in [-0.4, -0.2) is 64.1 Å². The quantitative estimate of drug-likeness (QED) is 0.771. The molecule has 0 spiro atoms. The van der Waals surface area contributed by atoms with Crippen LogP contribution >= 0.6 is 11.6 Å². The van der Waals surface area contributed by atoms with Crippen LogP contribution < -0.4 is 5.32 Å². The van der Waals surface area contributed by atoms with E-state index in [-0.39, 0.29) is 18.2 Å². The third-order valence-corrected chi connectivity index (χ3v) is 3.51. The molecule has 2 heterocycles. The highest BCUT2D eigenvalue weighted by atomic mass is 35.5. The number of carbonyl (C=O) groups excluding carboxylic acids is 3. The summed E-state index contributed by atoms with van der Waals surface area (Å²) in [5, 5.41) is 7.19. The van der Waals surface area contributed by atoms with Crippen molar-refractivity contribution in [2.75, 3.05) is 20.6 Å². The number of hydrogen-bond acceptors (Lipinski definition) is 4. The standard InChI is InChI=1S/C12H16ClN5O3/c1-16-9(11(20)17(2)12(16)21)5-10(19)14-3-4-18-7-8(13)6-15-18/h6-7,9H,3-5H2,1-2H3,(H,14,19)/t9-/m1/s1. The van der Waals surface area contributed by atoms with Crippen LogP contribution in [0.4, 0.5) is 4.79 Å². The molecule has 0 radical (unpaired) electrons. The lowest BCUT2D eigenvalue weighted by Crippen LogP contribution is -2.38. The summed E-state index contributed by atoms with van der Waals surface area (Å²) in [6.45, 7) is 0.844. The molecule has 1 fully saturated rings. The zero-order valence-corrected chi connectivity index (χ0v) is 12.5. The van der Waals surface area contributed by atoms with Crippen molar-refractivity contribution in [2.24, 2.45) is 0 Å². The van der Waals surface area contributed by atoms with E-state index in [1.54, 1.807) is 10.9 Å². The van der Waals surface area contributed by atoms with E-state index in [0.29, 0.717) is 18.1 Å². The van der Waals surface area contributed by atoms with E-state index >= 15 is 0 Å². The van der Waals surface area contributed by atoms with Gasteiger partial charge in [0.2, 0.25) is 5.91 Å². The maximum absolute atomic E-state index is 11.8. The van der Waals surface area contributed by atoms with Crippen LogP contribution in [0.15, 0.2) is 12.4 Å². The topological polar surface area (TPSA) is 87.5 Å². The summed E-state index contributed by atoms with van der Waals surface area (Å²) in [5.74, 6) is -0.655. The normalized spacial score (nSPS) is 18.5. The number of aromatic nitrogens is 2. The molecule has 1 N–H and O–H groups in total. The summed E-state index contributed by atoms with van der Waals surface area (Å²) < 4.78 is 1.60. The predicted octanol–water partition coefficient (Wildman–Crippen LogP) is -0.0648. The van der Waals surface area contributed by atoms with Gasteiger partial charge in [-0.25, -0.2) is 4.79 Å². The molecule has 21 heavy (non-hydrogen) atoms. The Balaban J connectivity index is 1.79. The summed E-state index contributed by atoms with van der Waals surface area (Å²) in [7, 11) is 2.91. The minimum atomic E-state index is -0.735. The van der Waals surface area contributed by atoms with Crippen LogP contribution in [0.25, 0.3) is 0 Å². The van der Waals surface area contributed by atoms with E-state index in [1.807, 2.05) is 0 Å². The SMILES string of the molecule is CN1C(=O)[C@@H](CC(=O)NCCn2cc(Cl)cn2)N(C)C1=O. The Hall–Kier alpha value is -2.09. The van der Waals surface area contributed by atoms with Gasteiger partial charge in [-0.2, -0.15) is 5.10 Å². The second kappa shape index (κ2) is 6.13. The van der Waals surface area contributed by atoms with Gasteiger partial charge in [0.15, 0.2) is 0 Å². The smallest absolute Gasteiger partial charge is 0.326 e. The number of halogens is 1. The highest BCUT2D eigenvalue weighted by molar-refractivity contribution is 6.30. The second-order valence-electron chi connectivity index (χ2n) is 4.78. The third kappa shape index (κ3) is 3.33. The van der Waals surface area contributed by atoms with Gasteiger partial charge in [-0.15, -0.1) is 0 Å². The fourth-order valence-electron chi connectivity index (χ4n) is 2.10. The number of hydrogen-bond donors (Lipinski definition) is 1. The summed E-state index contributed by atoms with van der Waals surface area (Å²) in [5.41, 5.74) is 0. The van der Waals surface area contributed by atoms with Gasteiger partial charge in [-0.05, 0) is 0 Å². The maximum Gasteiger partial charge on any atom is 0.326 e. The first kappa shape index (κ1) is 15.3. The molecule has 1 aliphatic rings. The van der Waals surface area contributed by atoms with Crippen molar-refractivity contribution in [1.82, 2.24) is 24.9 Å². The van der Waals surface area contributed by atoms with Crippen molar-refractivity contribution in [3.05, 3.63) is 17.4 Å². The molecule has 9 heteroatoms. The van der Waals surface area contributed by atoms with Crippen LogP contribution in [-0.2, 0) is 16.1 Å². The van der Waals surface area contributed by atoms with Gasteiger partial charge in [-0.1, -0.05) is 11.6 Å². The molecular formula is C12H16ClN5O3. The molecule has 1 atom stereocenters. The Morgan fingerprint density at radius 2 is 2.14 bits per heavy atom. The number of urea groups is 1. The summed E-state index contributed by atoms with van der Waals surface area (Å²) in [6.07, 6.45) is 3.11. The number of likely N-dealkylation sites (N-methyl/N-ethyl adjacent to an activating group) is 2. The number of amides is 4. The van der Waals surface area contributed by atoms with Crippen molar-refractivity contribution in [3.63, 3.8) is 0 Å². The number of rotatable bonds is 5. The van der Waals surface area contributed by atoms with Crippen molar-refractivity contribution in [3.8, 4) is 0 Å². The molecule has 0 bridgehead atoms. The number of imide groups is 1. The van der Waals surface area contributed by atoms with E-state index in [1.165, 1.54) is 25.2 Å². The van der Waals surface area contributed by atoms with Gasteiger partial charge in [0.25, 0.3) is 5.91 Å². The molecule has 1 saturated heterocycles. The van der Waals surface area contributed by atoms with E-state index in [9.17, 15) is 14.4 Å². The second-order valence-corrected chi connectivity index (χ2v) is 5.22. The first-order valence-corrected chi connectivity index (χ1v) is 6.77. The zero-order valence-electron chi connectivity index (χ0n) is 11.7. The third-order valence-electron chi connectivity index (χ3n) is 3.32. The van der Waals surface area contributed by atoms with Gasteiger partial charge in [0.1, 0.15) is 6.04 Å². The predicted molar refractivity (Wildman–Crippen MR) is 74.6 cm³/mol. The van der Waals surface area contributed by atoms with Gasteiger partial charge in [0, 0.05) is 26.8 Å². The van der Waals surface area contributed by atoms with E-state index < -0.39 is 12.1 Å². The fourth-order valence-corrected chi connectivity index (χ4v) is 2.25. The molecule has 4 amide bonds. The average molecular weight is 314 g/mol. The number of nitrogens with zero attached hydrogens (tertiary/aromatic N) is 4. The van der Waals surface area contributed by atoms with Crippen LogP contribution in [0.1, 0.15) is 6.42 Å². The summed E-state index contributed by atoms with van der Waals surface area (Å²) >= 11 is 5.72. The van der Waals surface area contributed by atoms with Crippen LogP contribution in [0.2, 0.25) is 5.02 Å². The lowest BCUT2D eigenvalue weighted by atomic mass is 10.2. The number of nitrogens with one attached hydrogen (secondary N) is 1. The molecular weight excluding hydrogens is 298 g/mol. The van der Waals surface area contributed by atoms with E-state index in [0.717, 1.165) is 4.90 Å². The van der Waals surface area contributed by atoms with Crippen molar-refractivity contribution in [2.45, 2.75) is 19.0 Å². The molecule has 1 aliphatic heterocycles. The van der Waals surface area contributed by atoms with Crippen LogP contribution in [0.5, 0.6) is 0 Å². The van der Waals surface area contributed by atoms with E-state index in [4.69, 9.17) is 11.6 Å². The molecule has 1 aromatic rings. The van der Waals surface area contributed by atoms with Crippen molar-refractivity contribution < 1.29 is 14.4 Å². The first-order valence-electron chi connectivity index (χ1n) is 6.39. The molecule has 0 aromatic carbocycles. The monoisotopic (exact) mass is 313 g/mol. The molecule has 1 aromatic heterocycles. The molecule has 2 rings (SSSR count). The van der Waals surface area contributed by atoms with Crippen molar-refractivity contribution in [1.29, 1.82) is 0 Å². The summed E-state index contributed by atoms with van der Waals surface area (Å²) in [4.78, 5) is 37.5. The lowest BCUT2D eigenvalue weighted by molar-refractivity contribution is -0.131. The lowest BCUT2D eigenvalue weighted by Gasteiger charge is -2.15. The van der Waals surface area contributed by atoms with Crippen LogP contribution in [0.3, 0.4) is 0 Å². The Morgan fingerprint density at radius 3 is 2.67 bits per heavy atom. The highest BCUT2D eigenvalue weighted by Crippen LogP contribution is 2.16. The molecule has 0 saturated carbocycles. The largest absolute Gasteiger partial charge is 0.354 e. The van der Waals surface area contributed by atoms with Crippen molar-refractivity contribution >= 4 is 29.4 Å². The average Bonchev–Trinajstić information content (AvgIpc) is 2.93. The molecule has 114 valence electrons. The highest BCUT2D eigenvalue weighted by Gasteiger charge is 2.41. The molecule has 0 unspecified atom stereocenters. The number of carbonyl (C=O) groups is 3. The van der Waals surface area contributed by atoms with Gasteiger partial charge >= 0.3 is 6.03 Å². The molecule has 8 nitrogen and oxygen atoms in total. The molecule has 0 aliphatic carbocycles. The minimum Gasteiger partial charge on any atom is -0.354 e. The summed E-state index contributed by atoms with van der Waals surface area (Å²) in [6, 6.07) is -1.13. The fraction of sp³-hybridized carbons (Fsp3) is 0.500.